The smallest absolute Gasteiger partial charge is 0.410 e. The van der Waals surface area contributed by atoms with Crippen molar-refractivity contribution in [1.82, 2.24) is 10.2 Å². The third-order valence-electron chi connectivity index (χ3n) is 4.59. The van der Waals surface area contributed by atoms with Crippen molar-refractivity contribution in [2.24, 2.45) is 11.7 Å². The number of primary amides is 1. The van der Waals surface area contributed by atoms with E-state index in [1.54, 1.807) is 24.1 Å². The first kappa shape index (κ1) is 23.3. The summed E-state index contributed by atoms with van der Waals surface area (Å²) < 4.78 is 5.34. The van der Waals surface area contributed by atoms with Crippen molar-refractivity contribution < 1.29 is 19.1 Å². The summed E-state index contributed by atoms with van der Waals surface area (Å²) in [5.41, 5.74) is 6.49. The molecule has 0 fully saturated rings. The first-order valence-electron chi connectivity index (χ1n) is 9.52. The maximum Gasteiger partial charge on any atom is 0.410 e. The van der Waals surface area contributed by atoms with Crippen LogP contribution in [0.2, 0.25) is 0 Å². The van der Waals surface area contributed by atoms with Crippen LogP contribution in [0.25, 0.3) is 0 Å². The van der Waals surface area contributed by atoms with E-state index in [1.807, 2.05) is 19.1 Å². The summed E-state index contributed by atoms with van der Waals surface area (Å²) in [5.74, 6) is 0.252. The lowest BCUT2D eigenvalue weighted by atomic mass is 10.1. The topological polar surface area (TPSA) is 114 Å². The number of nitrogens with one attached hydrogen (secondary N) is 2. The molecule has 156 valence electrons. The van der Waals surface area contributed by atoms with E-state index in [1.165, 1.54) is 0 Å². The molecule has 4 amide bonds. The van der Waals surface area contributed by atoms with E-state index < -0.39 is 6.03 Å². The van der Waals surface area contributed by atoms with Crippen LogP contribution in [0.3, 0.4) is 0 Å². The maximum absolute atomic E-state index is 12.1. The normalized spacial score (nSPS) is 11.6. The summed E-state index contributed by atoms with van der Waals surface area (Å²) in [6, 6.07) is 6.71. The van der Waals surface area contributed by atoms with E-state index in [-0.39, 0.29) is 24.6 Å². The summed E-state index contributed by atoms with van der Waals surface area (Å²) in [5, 5.41) is 5.29. The van der Waals surface area contributed by atoms with E-state index in [9.17, 15) is 14.4 Å². The van der Waals surface area contributed by atoms with E-state index in [0.717, 1.165) is 5.56 Å². The molecule has 8 nitrogen and oxygen atoms in total. The van der Waals surface area contributed by atoms with Crippen LogP contribution in [0.15, 0.2) is 24.3 Å². The number of benzene rings is 1. The lowest BCUT2D eigenvalue weighted by Gasteiger charge is -2.27. The summed E-state index contributed by atoms with van der Waals surface area (Å²) in [6.07, 6.45) is 1.34. The van der Waals surface area contributed by atoms with Gasteiger partial charge in [0.25, 0.3) is 0 Å². The number of carbonyl (C=O) groups excluding carboxylic acids is 3. The van der Waals surface area contributed by atoms with Crippen LogP contribution in [0, 0.1) is 5.92 Å². The number of urea groups is 1. The van der Waals surface area contributed by atoms with Gasteiger partial charge in [0.1, 0.15) is 6.61 Å². The zero-order valence-corrected chi connectivity index (χ0v) is 17.2. The molecule has 0 radical (unpaired) electrons. The van der Waals surface area contributed by atoms with Crippen LogP contribution < -0.4 is 16.4 Å². The Morgan fingerprint density at radius 2 is 1.75 bits per heavy atom. The number of nitrogens with two attached hydrogens (primary N) is 1. The molecule has 1 rings (SSSR count). The molecule has 0 saturated heterocycles. The molecule has 0 aromatic heterocycles. The highest BCUT2D eigenvalue weighted by Crippen LogP contribution is 2.13. The molecular weight excluding hydrogens is 360 g/mol. The number of anilines is 1. The predicted octanol–water partition coefficient (Wildman–Crippen LogP) is 3.08. The van der Waals surface area contributed by atoms with E-state index in [0.29, 0.717) is 37.4 Å². The number of carbonyl (C=O) groups is 3. The first-order chi connectivity index (χ1) is 13.2. The Morgan fingerprint density at radius 1 is 1.11 bits per heavy atom. The fourth-order valence-electron chi connectivity index (χ4n) is 2.39. The molecule has 0 saturated carbocycles. The van der Waals surface area contributed by atoms with Gasteiger partial charge in [-0.05, 0) is 43.4 Å². The number of amides is 4. The maximum atomic E-state index is 12.1. The van der Waals surface area contributed by atoms with Gasteiger partial charge in [-0.15, -0.1) is 0 Å². The van der Waals surface area contributed by atoms with E-state index in [4.69, 9.17) is 10.5 Å². The minimum Gasteiger partial charge on any atom is -0.445 e. The summed E-state index contributed by atoms with van der Waals surface area (Å²) in [4.78, 5) is 36.1. The van der Waals surface area contributed by atoms with Crippen molar-refractivity contribution in [3.05, 3.63) is 29.8 Å². The Kier molecular flexibility index (Phi) is 9.84. The van der Waals surface area contributed by atoms with E-state index >= 15 is 0 Å². The number of hydrogen-bond donors (Lipinski definition) is 3. The van der Waals surface area contributed by atoms with Crippen molar-refractivity contribution in [3.8, 4) is 0 Å². The zero-order chi connectivity index (χ0) is 21.1. The van der Waals surface area contributed by atoms with Gasteiger partial charge >= 0.3 is 12.1 Å². The van der Waals surface area contributed by atoms with Gasteiger partial charge in [0, 0.05) is 31.7 Å². The molecule has 4 N–H and O–H groups in total. The first-order valence-corrected chi connectivity index (χ1v) is 9.52. The largest absolute Gasteiger partial charge is 0.445 e. The molecule has 0 aliphatic carbocycles. The average molecular weight is 393 g/mol. The fraction of sp³-hybridized carbons (Fsp3) is 0.550. The molecule has 1 unspecified atom stereocenters. The highest BCUT2D eigenvalue weighted by molar-refractivity contribution is 5.90. The van der Waals surface area contributed by atoms with Crippen LogP contribution in [0.5, 0.6) is 0 Å². The van der Waals surface area contributed by atoms with Gasteiger partial charge in [-0.3, -0.25) is 4.79 Å². The molecular formula is C20H32N4O4. The van der Waals surface area contributed by atoms with Gasteiger partial charge in [-0.2, -0.15) is 0 Å². The van der Waals surface area contributed by atoms with Gasteiger partial charge in [0.2, 0.25) is 5.91 Å². The molecule has 8 heteroatoms. The molecule has 0 aliphatic heterocycles. The second kappa shape index (κ2) is 11.8. The van der Waals surface area contributed by atoms with Crippen molar-refractivity contribution in [2.45, 2.75) is 52.7 Å². The SMILES string of the molecule is CC(C)C(C)N(C)C(=O)OCc1ccc(NC(=O)CCCCNC(N)=O)cc1. The third kappa shape index (κ3) is 8.75. The Morgan fingerprint density at radius 3 is 2.32 bits per heavy atom. The van der Waals surface area contributed by atoms with Crippen molar-refractivity contribution in [1.29, 1.82) is 0 Å². The molecule has 1 atom stereocenters. The minimum absolute atomic E-state index is 0.0941. The molecule has 0 spiro atoms. The number of ether oxygens (including phenoxy) is 1. The lowest BCUT2D eigenvalue weighted by Crippen LogP contribution is -2.38. The van der Waals surface area contributed by atoms with Gasteiger partial charge in [-0.1, -0.05) is 26.0 Å². The minimum atomic E-state index is -0.559. The highest BCUT2D eigenvalue weighted by atomic mass is 16.6. The Bertz CT molecular complexity index is 646. The standard InChI is InChI=1S/C20H32N4O4/c1-14(2)15(3)24(4)20(27)28-13-16-8-10-17(11-9-16)23-18(25)7-5-6-12-22-19(21)26/h8-11,14-15H,5-7,12-13H2,1-4H3,(H,23,25)(H3,21,22,26). The van der Waals surface area contributed by atoms with Crippen molar-refractivity contribution in [2.75, 3.05) is 18.9 Å². The van der Waals surface area contributed by atoms with Gasteiger partial charge in [0.05, 0.1) is 0 Å². The van der Waals surface area contributed by atoms with Crippen LogP contribution >= 0.6 is 0 Å². The second-order valence-corrected chi connectivity index (χ2v) is 7.14. The Balaban J connectivity index is 2.36. The molecule has 28 heavy (non-hydrogen) atoms. The summed E-state index contributed by atoms with van der Waals surface area (Å²) in [6.45, 7) is 6.73. The van der Waals surface area contributed by atoms with Gasteiger partial charge < -0.3 is 26.0 Å². The van der Waals surface area contributed by atoms with Gasteiger partial charge in [-0.25, -0.2) is 9.59 Å². The summed E-state index contributed by atoms with van der Waals surface area (Å²) >= 11 is 0. The average Bonchev–Trinajstić information content (AvgIpc) is 2.65. The Labute approximate surface area is 166 Å². The number of hydrogen-bond acceptors (Lipinski definition) is 4. The second-order valence-electron chi connectivity index (χ2n) is 7.14. The zero-order valence-electron chi connectivity index (χ0n) is 17.2. The highest BCUT2D eigenvalue weighted by Gasteiger charge is 2.19. The van der Waals surface area contributed by atoms with Crippen LogP contribution in [-0.4, -0.2) is 42.6 Å². The van der Waals surface area contributed by atoms with Crippen LogP contribution in [-0.2, 0) is 16.1 Å². The van der Waals surface area contributed by atoms with Crippen LogP contribution in [0.4, 0.5) is 15.3 Å². The molecule has 0 bridgehead atoms. The summed E-state index contributed by atoms with van der Waals surface area (Å²) in [7, 11) is 1.73. The third-order valence-corrected chi connectivity index (χ3v) is 4.59. The monoisotopic (exact) mass is 392 g/mol. The van der Waals surface area contributed by atoms with Crippen molar-refractivity contribution >= 4 is 23.7 Å². The lowest BCUT2D eigenvalue weighted by molar-refractivity contribution is -0.116. The Hall–Kier alpha value is -2.77. The molecule has 1 aromatic carbocycles. The number of unbranched alkanes of at least 4 members (excludes halogenated alkanes) is 1. The van der Waals surface area contributed by atoms with Gasteiger partial charge in [0.15, 0.2) is 0 Å². The predicted molar refractivity (Wildman–Crippen MR) is 109 cm³/mol. The van der Waals surface area contributed by atoms with Crippen LogP contribution in [0.1, 0.15) is 45.6 Å². The van der Waals surface area contributed by atoms with Crippen molar-refractivity contribution in [3.63, 3.8) is 0 Å². The number of nitrogens with zero attached hydrogens (tertiary/aromatic N) is 1. The molecule has 0 aliphatic rings. The molecule has 1 aromatic rings. The van der Waals surface area contributed by atoms with E-state index in [2.05, 4.69) is 24.5 Å². The fourth-order valence-corrected chi connectivity index (χ4v) is 2.39. The quantitative estimate of drug-likeness (QED) is 0.531. The molecule has 0 heterocycles. The number of rotatable bonds is 10.